The standard InChI is InChI=1S/C11H11NO3/c1-7(13)15-11-5-8-3-4-9(14-2)6-10(8)12-11/h3,5-6H,4H2,1-2H3. The highest BCUT2D eigenvalue weighted by molar-refractivity contribution is 6.13. The monoisotopic (exact) mass is 205 g/mol. The molecule has 0 radical (unpaired) electrons. The molecule has 0 N–H and O–H groups in total. The van der Waals surface area contributed by atoms with Gasteiger partial charge in [-0.05, 0) is 0 Å². The molecule has 0 atom stereocenters. The Morgan fingerprint density at radius 1 is 1.47 bits per heavy atom. The van der Waals surface area contributed by atoms with Crippen molar-refractivity contribution in [1.82, 2.24) is 0 Å². The lowest BCUT2D eigenvalue weighted by molar-refractivity contribution is -0.136. The van der Waals surface area contributed by atoms with Gasteiger partial charge in [0.2, 0.25) is 5.88 Å². The van der Waals surface area contributed by atoms with Gasteiger partial charge in [0.25, 0.3) is 0 Å². The highest BCUT2D eigenvalue weighted by atomic mass is 16.5. The van der Waals surface area contributed by atoms with Crippen LogP contribution in [0.4, 0.5) is 0 Å². The Balaban J connectivity index is 2.20. The van der Waals surface area contributed by atoms with E-state index in [1.807, 2.05) is 12.2 Å². The quantitative estimate of drug-likeness (QED) is 0.645. The molecule has 0 bridgehead atoms. The Morgan fingerprint density at radius 2 is 2.27 bits per heavy atom. The fourth-order valence-corrected chi connectivity index (χ4v) is 1.47. The minimum absolute atomic E-state index is 0.345. The van der Waals surface area contributed by atoms with Gasteiger partial charge in [-0.2, -0.15) is 0 Å². The van der Waals surface area contributed by atoms with Crippen molar-refractivity contribution in [2.75, 3.05) is 7.11 Å². The van der Waals surface area contributed by atoms with E-state index >= 15 is 0 Å². The minimum atomic E-state index is -0.360. The molecule has 0 amide bonds. The van der Waals surface area contributed by atoms with Crippen molar-refractivity contribution >= 4 is 11.7 Å². The summed E-state index contributed by atoms with van der Waals surface area (Å²) in [4.78, 5) is 14.9. The second-order valence-electron chi connectivity index (χ2n) is 3.25. The number of aliphatic imine (C=N–C) groups is 1. The van der Waals surface area contributed by atoms with Crippen molar-refractivity contribution < 1.29 is 14.3 Å². The van der Waals surface area contributed by atoms with Crippen LogP contribution in [0.2, 0.25) is 0 Å². The Kier molecular flexibility index (Phi) is 2.41. The van der Waals surface area contributed by atoms with Crippen LogP contribution in [0.5, 0.6) is 0 Å². The maximum Gasteiger partial charge on any atom is 0.309 e. The third kappa shape index (κ3) is 1.98. The molecule has 0 saturated heterocycles. The minimum Gasteiger partial charge on any atom is -0.501 e. The zero-order chi connectivity index (χ0) is 10.8. The van der Waals surface area contributed by atoms with Crippen LogP contribution in [0.1, 0.15) is 13.3 Å². The number of carbonyl (C=O) groups excluding carboxylic acids is 1. The molecule has 0 spiro atoms. The SMILES string of the molecule is COC1=CC2=NC(OC(C)=O)=CC2=CC1. The average molecular weight is 205 g/mol. The number of hydrogen-bond donors (Lipinski definition) is 0. The lowest BCUT2D eigenvalue weighted by Crippen LogP contribution is -2.02. The molecule has 0 saturated carbocycles. The molecule has 0 fully saturated rings. The topological polar surface area (TPSA) is 47.9 Å². The Bertz CT molecular complexity index is 427. The van der Waals surface area contributed by atoms with Gasteiger partial charge in [0, 0.05) is 31.1 Å². The summed E-state index contributed by atoms with van der Waals surface area (Å²) in [6.07, 6.45) is 6.34. The lowest BCUT2D eigenvalue weighted by atomic mass is 10.0. The van der Waals surface area contributed by atoms with Crippen LogP contribution >= 0.6 is 0 Å². The summed E-state index contributed by atoms with van der Waals surface area (Å²) >= 11 is 0. The molecule has 1 aliphatic heterocycles. The molecular weight excluding hydrogens is 194 g/mol. The number of methoxy groups -OCH3 is 1. The van der Waals surface area contributed by atoms with Gasteiger partial charge in [0.1, 0.15) is 5.76 Å². The number of rotatable bonds is 2. The molecule has 0 unspecified atom stereocenters. The highest BCUT2D eigenvalue weighted by Gasteiger charge is 2.18. The average Bonchev–Trinajstić information content (AvgIpc) is 2.57. The van der Waals surface area contributed by atoms with E-state index in [2.05, 4.69) is 4.99 Å². The predicted octanol–water partition coefficient (Wildman–Crippen LogP) is 1.71. The van der Waals surface area contributed by atoms with Gasteiger partial charge in [-0.25, -0.2) is 4.99 Å². The maximum absolute atomic E-state index is 10.7. The fraction of sp³-hybridized carbons (Fsp3) is 0.273. The normalized spacial score (nSPS) is 18.3. The van der Waals surface area contributed by atoms with E-state index in [1.165, 1.54) is 6.92 Å². The van der Waals surface area contributed by atoms with Crippen LogP contribution in [-0.2, 0) is 14.3 Å². The van der Waals surface area contributed by atoms with E-state index in [0.717, 1.165) is 23.5 Å². The molecule has 4 nitrogen and oxygen atoms in total. The van der Waals surface area contributed by atoms with Crippen LogP contribution < -0.4 is 0 Å². The van der Waals surface area contributed by atoms with Gasteiger partial charge in [-0.1, -0.05) is 6.08 Å². The van der Waals surface area contributed by atoms with Crippen molar-refractivity contribution in [1.29, 1.82) is 0 Å². The number of allylic oxidation sites excluding steroid dienone is 4. The smallest absolute Gasteiger partial charge is 0.309 e. The van der Waals surface area contributed by atoms with Crippen molar-refractivity contribution in [3.05, 3.63) is 35.4 Å². The Morgan fingerprint density at radius 3 is 2.93 bits per heavy atom. The molecule has 78 valence electrons. The van der Waals surface area contributed by atoms with E-state index in [0.29, 0.717) is 5.88 Å². The molecule has 4 heteroatoms. The zero-order valence-electron chi connectivity index (χ0n) is 8.61. The van der Waals surface area contributed by atoms with E-state index in [-0.39, 0.29) is 5.97 Å². The fourth-order valence-electron chi connectivity index (χ4n) is 1.47. The van der Waals surface area contributed by atoms with Gasteiger partial charge >= 0.3 is 5.97 Å². The molecule has 2 rings (SSSR count). The molecule has 2 aliphatic rings. The third-order valence-electron chi connectivity index (χ3n) is 2.14. The van der Waals surface area contributed by atoms with E-state index in [4.69, 9.17) is 9.47 Å². The summed E-state index contributed by atoms with van der Waals surface area (Å²) in [5.41, 5.74) is 1.77. The van der Waals surface area contributed by atoms with Crippen molar-refractivity contribution in [2.45, 2.75) is 13.3 Å². The summed E-state index contributed by atoms with van der Waals surface area (Å²) in [5.74, 6) is 0.841. The third-order valence-corrected chi connectivity index (χ3v) is 2.14. The first-order valence-corrected chi connectivity index (χ1v) is 4.63. The van der Waals surface area contributed by atoms with Crippen LogP contribution in [0, 0.1) is 0 Å². The van der Waals surface area contributed by atoms with Crippen LogP contribution in [-0.4, -0.2) is 18.8 Å². The van der Waals surface area contributed by atoms with Gasteiger partial charge in [-0.3, -0.25) is 4.79 Å². The van der Waals surface area contributed by atoms with Gasteiger partial charge in [-0.15, -0.1) is 0 Å². The van der Waals surface area contributed by atoms with Crippen molar-refractivity contribution in [2.24, 2.45) is 4.99 Å². The molecule has 0 aromatic carbocycles. The number of carbonyl (C=O) groups is 1. The van der Waals surface area contributed by atoms with Gasteiger partial charge in [0.15, 0.2) is 0 Å². The lowest BCUT2D eigenvalue weighted by Gasteiger charge is -2.09. The highest BCUT2D eigenvalue weighted by Crippen LogP contribution is 2.24. The largest absolute Gasteiger partial charge is 0.501 e. The second kappa shape index (κ2) is 3.73. The molecule has 15 heavy (non-hydrogen) atoms. The maximum atomic E-state index is 10.7. The van der Waals surface area contributed by atoms with Crippen LogP contribution in [0.15, 0.2) is 40.4 Å². The van der Waals surface area contributed by atoms with Crippen molar-refractivity contribution in [3.8, 4) is 0 Å². The first-order valence-electron chi connectivity index (χ1n) is 4.63. The molecule has 0 aromatic heterocycles. The number of nitrogens with zero attached hydrogens (tertiary/aromatic N) is 1. The summed E-state index contributed by atoms with van der Waals surface area (Å²) in [6, 6.07) is 0. The van der Waals surface area contributed by atoms with E-state index in [9.17, 15) is 4.79 Å². The number of hydrogen-bond acceptors (Lipinski definition) is 4. The van der Waals surface area contributed by atoms with Crippen molar-refractivity contribution in [3.63, 3.8) is 0 Å². The molecular formula is C11H11NO3. The predicted molar refractivity (Wildman–Crippen MR) is 55.1 cm³/mol. The molecule has 1 heterocycles. The summed E-state index contributed by atoms with van der Waals surface area (Å²) in [6.45, 7) is 1.35. The number of ether oxygens (including phenoxy) is 2. The molecule has 0 aromatic rings. The van der Waals surface area contributed by atoms with E-state index in [1.54, 1.807) is 13.2 Å². The number of fused-ring (bicyclic) bond motifs is 1. The van der Waals surface area contributed by atoms with Gasteiger partial charge < -0.3 is 9.47 Å². The summed E-state index contributed by atoms with van der Waals surface area (Å²) in [5, 5.41) is 0. The van der Waals surface area contributed by atoms with Gasteiger partial charge in [0.05, 0.1) is 12.8 Å². The first kappa shape index (κ1) is 9.71. The first-order chi connectivity index (χ1) is 7.19. The zero-order valence-corrected chi connectivity index (χ0v) is 8.61. The summed E-state index contributed by atoms with van der Waals surface area (Å²) < 4.78 is 10.0. The van der Waals surface area contributed by atoms with E-state index < -0.39 is 0 Å². The summed E-state index contributed by atoms with van der Waals surface area (Å²) in [7, 11) is 1.63. The number of esters is 1. The Labute approximate surface area is 87.6 Å². The molecule has 1 aliphatic carbocycles. The second-order valence-corrected chi connectivity index (χ2v) is 3.25. The van der Waals surface area contributed by atoms with Crippen LogP contribution in [0.25, 0.3) is 0 Å². The van der Waals surface area contributed by atoms with Crippen LogP contribution in [0.3, 0.4) is 0 Å². The Hall–Kier alpha value is -1.84.